The summed E-state index contributed by atoms with van der Waals surface area (Å²) in [6.45, 7) is 4.61. The molecule has 3 aromatic rings. The summed E-state index contributed by atoms with van der Waals surface area (Å²) < 4.78 is 32.5. The standard InChI is InChI=1S/C23H24F2N6O2/c1-14-20(28-15(2)32)4-3-5-21(14)29-22-26-13-27-23(30-22)31-8-6-18(7-9-31)33-19-11-16(24)10-17(25)12-19/h3-5,10-13,18H,6-9H2,1-2H3,(H,28,32)(H,26,27,29,30). The van der Waals surface area contributed by atoms with Crippen LogP contribution < -0.4 is 20.3 Å². The van der Waals surface area contributed by atoms with E-state index in [2.05, 4.69) is 25.6 Å². The minimum atomic E-state index is -0.662. The Morgan fingerprint density at radius 1 is 1.09 bits per heavy atom. The molecule has 0 spiro atoms. The Morgan fingerprint density at radius 2 is 1.79 bits per heavy atom. The van der Waals surface area contributed by atoms with Crippen LogP contribution in [0.4, 0.5) is 32.1 Å². The number of aromatic nitrogens is 3. The van der Waals surface area contributed by atoms with Gasteiger partial charge >= 0.3 is 0 Å². The molecule has 0 atom stereocenters. The number of ether oxygens (including phenoxy) is 1. The lowest BCUT2D eigenvalue weighted by molar-refractivity contribution is -0.114. The minimum Gasteiger partial charge on any atom is -0.490 e. The van der Waals surface area contributed by atoms with E-state index in [1.165, 1.54) is 25.4 Å². The van der Waals surface area contributed by atoms with E-state index in [1.54, 1.807) is 0 Å². The first-order valence-corrected chi connectivity index (χ1v) is 10.6. The summed E-state index contributed by atoms with van der Waals surface area (Å²) in [4.78, 5) is 26.4. The maximum absolute atomic E-state index is 13.4. The normalized spacial score (nSPS) is 14.1. The van der Waals surface area contributed by atoms with Crippen molar-refractivity contribution in [1.82, 2.24) is 15.0 Å². The van der Waals surface area contributed by atoms with Crippen molar-refractivity contribution in [1.29, 1.82) is 0 Å². The number of carbonyl (C=O) groups is 1. The largest absolute Gasteiger partial charge is 0.490 e. The molecule has 172 valence electrons. The molecule has 2 heterocycles. The quantitative estimate of drug-likeness (QED) is 0.577. The number of nitrogens with one attached hydrogen (secondary N) is 2. The predicted molar refractivity (Wildman–Crippen MR) is 121 cm³/mol. The van der Waals surface area contributed by atoms with Crippen LogP contribution in [0.25, 0.3) is 0 Å². The molecule has 4 rings (SSSR count). The molecule has 1 saturated heterocycles. The van der Waals surface area contributed by atoms with Crippen LogP contribution in [0, 0.1) is 18.6 Å². The Kier molecular flexibility index (Phi) is 6.62. The molecule has 33 heavy (non-hydrogen) atoms. The molecule has 2 N–H and O–H groups in total. The lowest BCUT2D eigenvalue weighted by Gasteiger charge is -2.32. The first-order chi connectivity index (χ1) is 15.9. The SMILES string of the molecule is CC(=O)Nc1cccc(Nc2ncnc(N3CCC(Oc4cc(F)cc(F)c4)CC3)n2)c1C. The van der Waals surface area contributed by atoms with Crippen molar-refractivity contribution in [3.8, 4) is 5.75 Å². The number of benzene rings is 2. The minimum absolute atomic E-state index is 0.146. The van der Waals surface area contributed by atoms with Gasteiger partial charge in [0.15, 0.2) is 0 Å². The molecule has 0 bridgehead atoms. The topological polar surface area (TPSA) is 92.3 Å². The van der Waals surface area contributed by atoms with Crippen LogP contribution >= 0.6 is 0 Å². The van der Waals surface area contributed by atoms with Gasteiger partial charge in [-0.1, -0.05) is 6.07 Å². The van der Waals surface area contributed by atoms with Gasteiger partial charge in [0, 0.05) is 62.4 Å². The molecule has 1 aromatic heterocycles. The zero-order chi connectivity index (χ0) is 23.4. The van der Waals surface area contributed by atoms with E-state index in [0.29, 0.717) is 43.5 Å². The fraction of sp³-hybridized carbons (Fsp3) is 0.304. The molecule has 0 radical (unpaired) electrons. The molecule has 0 aliphatic carbocycles. The maximum Gasteiger partial charge on any atom is 0.232 e. The van der Waals surface area contributed by atoms with E-state index in [0.717, 1.165) is 17.3 Å². The summed E-state index contributed by atoms with van der Waals surface area (Å²) in [7, 11) is 0. The highest BCUT2D eigenvalue weighted by atomic mass is 19.1. The van der Waals surface area contributed by atoms with Gasteiger partial charge in [0.05, 0.1) is 0 Å². The van der Waals surface area contributed by atoms with Gasteiger partial charge < -0.3 is 20.3 Å². The van der Waals surface area contributed by atoms with Gasteiger partial charge in [-0.2, -0.15) is 4.98 Å². The summed E-state index contributed by atoms with van der Waals surface area (Å²) >= 11 is 0. The molecule has 10 heteroatoms. The molecular weight excluding hydrogens is 430 g/mol. The third-order valence-electron chi connectivity index (χ3n) is 5.31. The summed E-state index contributed by atoms with van der Waals surface area (Å²) in [6.07, 6.45) is 2.60. The van der Waals surface area contributed by atoms with Crippen molar-refractivity contribution < 1.29 is 18.3 Å². The molecule has 1 aliphatic heterocycles. The van der Waals surface area contributed by atoms with Crippen LogP contribution in [0.5, 0.6) is 5.75 Å². The zero-order valence-electron chi connectivity index (χ0n) is 18.3. The van der Waals surface area contributed by atoms with Crippen molar-refractivity contribution in [2.75, 3.05) is 28.6 Å². The Morgan fingerprint density at radius 3 is 2.48 bits per heavy atom. The summed E-state index contributed by atoms with van der Waals surface area (Å²) in [5.41, 5.74) is 2.34. The first kappa shape index (κ1) is 22.4. The summed E-state index contributed by atoms with van der Waals surface area (Å²) in [5.74, 6) is -0.367. The lowest BCUT2D eigenvalue weighted by atomic mass is 10.1. The Hall–Kier alpha value is -3.82. The van der Waals surface area contributed by atoms with Gasteiger partial charge in [-0.25, -0.2) is 18.7 Å². The number of anilines is 4. The number of rotatable bonds is 6. The Bertz CT molecular complexity index is 1130. The fourth-order valence-electron chi connectivity index (χ4n) is 3.68. The van der Waals surface area contributed by atoms with Crippen LogP contribution in [0.3, 0.4) is 0 Å². The number of halogens is 2. The molecule has 2 aromatic carbocycles. The average molecular weight is 454 g/mol. The molecule has 1 fully saturated rings. The third kappa shape index (κ3) is 5.71. The van der Waals surface area contributed by atoms with E-state index in [1.807, 2.05) is 30.0 Å². The van der Waals surface area contributed by atoms with Gasteiger partial charge in [0.2, 0.25) is 17.8 Å². The number of amides is 1. The smallest absolute Gasteiger partial charge is 0.232 e. The van der Waals surface area contributed by atoms with Crippen LogP contribution in [0.2, 0.25) is 0 Å². The first-order valence-electron chi connectivity index (χ1n) is 10.6. The van der Waals surface area contributed by atoms with Gasteiger partial charge in [0.1, 0.15) is 29.8 Å². The van der Waals surface area contributed by atoms with Gasteiger partial charge in [-0.05, 0) is 24.6 Å². The van der Waals surface area contributed by atoms with E-state index in [4.69, 9.17) is 4.74 Å². The monoisotopic (exact) mass is 454 g/mol. The van der Waals surface area contributed by atoms with E-state index >= 15 is 0 Å². The number of nitrogens with zero attached hydrogens (tertiary/aromatic N) is 4. The molecule has 1 amide bonds. The van der Waals surface area contributed by atoms with Crippen molar-refractivity contribution in [3.63, 3.8) is 0 Å². The number of hydrogen-bond donors (Lipinski definition) is 2. The van der Waals surface area contributed by atoms with Crippen LogP contribution in [-0.4, -0.2) is 40.1 Å². The molecule has 0 unspecified atom stereocenters. The van der Waals surface area contributed by atoms with Gasteiger partial charge in [0.25, 0.3) is 0 Å². The van der Waals surface area contributed by atoms with Crippen LogP contribution in [0.1, 0.15) is 25.3 Å². The predicted octanol–water partition coefficient (Wildman–Crippen LogP) is 4.21. The molecule has 1 aliphatic rings. The number of hydrogen-bond acceptors (Lipinski definition) is 7. The van der Waals surface area contributed by atoms with E-state index < -0.39 is 11.6 Å². The van der Waals surface area contributed by atoms with Crippen molar-refractivity contribution >= 4 is 29.2 Å². The highest BCUT2D eigenvalue weighted by Gasteiger charge is 2.23. The van der Waals surface area contributed by atoms with E-state index in [-0.39, 0.29) is 17.8 Å². The second-order valence-corrected chi connectivity index (χ2v) is 7.80. The third-order valence-corrected chi connectivity index (χ3v) is 5.31. The van der Waals surface area contributed by atoms with Gasteiger partial charge in [-0.15, -0.1) is 0 Å². The lowest BCUT2D eigenvalue weighted by Crippen LogP contribution is -2.39. The molecular formula is C23H24F2N6O2. The average Bonchev–Trinajstić information content (AvgIpc) is 2.76. The summed E-state index contributed by atoms with van der Waals surface area (Å²) in [6, 6.07) is 8.72. The zero-order valence-corrected chi connectivity index (χ0v) is 18.3. The van der Waals surface area contributed by atoms with Crippen molar-refractivity contribution in [2.45, 2.75) is 32.8 Å². The second kappa shape index (κ2) is 9.76. The molecule has 8 nitrogen and oxygen atoms in total. The Balaban J connectivity index is 1.39. The van der Waals surface area contributed by atoms with Crippen LogP contribution in [-0.2, 0) is 4.79 Å². The van der Waals surface area contributed by atoms with Gasteiger partial charge in [-0.3, -0.25) is 4.79 Å². The number of piperidine rings is 1. The maximum atomic E-state index is 13.4. The van der Waals surface area contributed by atoms with E-state index in [9.17, 15) is 13.6 Å². The second-order valence-electron chi connectivity index (χ2n) is 7.80. The number of carbonyl (C=O) groups excluding carboxylic acids is 1. The Labute approximate surface area is 190 Å². The van der Waals surface area contributed by atoms with Crippen LogP contribution in [0.15, 0.2) is 42.7 Å². The van der Waals surface area contributed by atoms with Crippen molar-refractivity contribution in [3.05, 3.63) is 59.9 Å². The summed E-state index contributed by atoms with van der Waals surface area (Å²) in [5, 5.41) is 5.98. The highest BCUT2D eigenvalue weighted by Crippen LogP contribution is 2.26. The highest BCUT2D eigenvalue weighted by molar-refractivity contribution is 5.90. The molecule has 0 saturated carbocycles. The fourth-order valence-corrected chi connectivity index (χ4v) is 3.68. The van der Waals surface area contributed by atoms with Crippen molar-refractivity contribution in [2.24, 2.45) is 0 Å².